The lowest BCUT2D eigenvalue weighted by Gasteiger charge is -2.26. The monoisotopic (exact) mass is 198 g/mol. The molecule has 0 aromatic carbocycles. The van der Waals surface area contributed by atoms with Crippen LogP contribution in [0.5, 0.6) is 0 Å². The predicted octanol–water partition coefficient (Wildman–Crippen LogP) is 2.04. The summed E-state index contributed by atoms with van der Waals surface area (Å²) in [5.74, 6) is 0. The molecule has 0 amide bonds. The highest BCUT2D eigenvalue weighted by atomic mass is 14.5. The molecular formula is C11H10N4. The van der Waals surface area contributed by atoms with E-state index in [4.69, 9.17) is 21.0 Å². The Morgan fingerprint density at radius 2 is 1.47 bits per heavy atom. The lowest BCUT2D eigenvalue weighted by atomic mass is 9.66. The van der Waals surface area contributed by atoms with Gasteiger partial charge in [0.1, 0.15) is 0 Å². The van der Waals surface area contributed by atoms with Gasteiger partial charge in [-0.15, -0.1) is 0 Å². The molecule has 0 heterocycles. The van der Waals surface area contributed by atoms with Crippen molar-refractivity contribution in [2.24, 2.45) is 10.8 Å². The Kier molecular flexibility index (Phi) is 4.07. The van der Waals surface area contributed by atoms with Gasteiger partial charge in [-0.05, 0) is 20.3 Å². The minimum Gasteiger partial charge on any atom is -0.196 e. The van der Waals surface area contributed by atoms with E-state index in [1.54, 1.807) is 43.4 Å². The minimum atomic E-state index is -1.62. The number of hydrogen-bond donors (Lipinski definition) is 0. The molecule has 0 aliphatic rings. The lowest BCUT2D eigenvalue weighted by Crippen LogP contribution is -2.35. The first-order valence-electron chi connectivity index (χ1n) is 4.32. The standard InChI is InChI=1S/C11H10N4/c1-3-4-5-11(8-14,9-15)10(2,6-12)7-13/h3-4H,5H2,1-2H3. The average Bonchev–Trinajstić information content (AvgIpc) is 2.30. The smallest absolute Gasteiger partial charge is 0.178 e. The predicted molar refractivity (Wildman–Crippen MR) is 52.4 cm³/mol. The third-order valence-electron chi connectivity index (χ3n) is 2.34. The van der Waals surface area contributed by atoms with Crippen LogP contribution < -0.4 is 0 Å². The summed E-state index contributed by atoms with van der Waals surface area (Å²) < 4.78 is 0. The van der Waals surface area contributed by atoms with Crippen molar-refractivity contribution in [3.63, 3.8) is 0 Å². The van der Waals surface area contributed by atoms with Gasteiger partial charge < -0.3 is 0 Å². The Balaban J connectivity index is 5.55. The topological polar surface area (TPSA) is 95.2 Å². The van der Waals surface area contributed by atoms with E-state index >= 15 is 0 Å². The molecule has 74 valence electrons. The van der Waals surface area contributed by atoms with Gasteiger partial charge in [0.25, 0.3) is 0 Å². The van der Waals surface area contributed by atoms with Crippen LogP contribution in [0.4, 0.5) is 0 Å². The Hall–Kier alpha value is -2.30. The zero-order valence-electron chi connectivity index (χ0n) is 8.65. The maximum absolute atomic E-state index is 8.99. The first-order chi connectivity index (χ1) is 7.05. The maximum Gasteiger partial charge on any atom is 0.178 e. The van der Waals surface area contributed by atoms with Crippen LogP contribution in [0.25, 0.3) is 0 Å². The molecule has 0 spiro atoms. The van der Waals surface area contributed by atoms with E-state index in [1.807, 2.05) is 0 Å². The normalized spacial score (nSPS) is 11.1. The SMILES string of the molecule is CC=CCC(C#N)(C#N)C(C)(C#N)C#N. The molecule has 0 N–H and O–H groups in total. The Morgan fingerprint density at radius 3 is 1.73 bits per heavy atom. The van der Waals surface area contributed by atoms with Gasteiger partial charge in [-0.3, -0.25) is 0 Å². The summed E-state index contributed by atoms with van der Waals surface area (Å²) in [5.41, 5.74) is -3.22. The fourth-order valence-corrected chi connectivity index (χ4v) is 1.05. The molecule has 0 aliphatic carbocycles. The van der Waals surface area contributed by atoms with E-state index < -0.39 is 10.8 Å². The van der Waals surface area contributed by atoms with E-state index in [2.05, 4.69) is 0 Å². The lowest BCUT2D eigenvalue weighted by molar-refractivity contribution is 0.330. The maximum atomic E-state index is 8.99. The van der Waals surface area contributed by atoms with E-state index in [0.29, 0.717) is 0 Å². The summed E-state index contributed by atoms with van der Waals surface area (Å²) >= 11 is 0. The first-order valence-corrected chi connectivity index (χ1v) is 4.32. The van der Waals surface area contributed by atoms with Crippen LogP contribution in [0.3, 0.4) is 0 Å². The Bertz CT molecular complexity index is 391. The average molecular weight is 198 g/mol. The van der Waals surface area contributed by atoms with Crippen LogP contribution in [0.1, 0.15) is 20.3 Å². The van der Waals surface area contributed by atoms with Crippen molar-refractivity contribution in [1.29, 1.82) is 21.0 Å². The van der Waals surface area contributed by atoms with Gasteiger partial charge in [-0.2, -0.15) is 21.0 Å². The number of nitriles is 4. The third kappa shape index (κ3) is 1.96. The highest BCUT2D eigenvalue weighted by Crippen LogP contribution is 2.40. The summed E-state index contributed by atoms with van der Waals surface area (Å²) in [6.07, 6.45) is 3.37. The summed E-state index contributed by atoms with van der Waals surface area (Å²) in [5, 5.41) is 35.8. The van der Waals surface area contributed by atoms with Gasteiger partial charge in [0.2, 0.25) is 0 Å². The molecule has 4 heteroatoms. The van der Waals surface area contributed by atoms with Crippen molar-refractivity contribution >= 4 is 0 Å². The van der Waals surface area contributed by atoms with Crippen LogP contribution in [-0.2, 0) is 0 Å². The number of allylic oxidation sites excluding steroid dienone is 2. The van der Waals surface area contributed by atoms with Gasteiger partial charge in [0.05, 0.1) is 24.3 Å². The van der Waals surface area contributed by atoms with Crippen molar-refractivity contribution < 1.29 is 0 Å². The molecular weight excluding hydrogens is 188 g/mol. The first kappa shape index (κ1) is 12.7. The van der Waals surface area contributed by atoms with Gasteiger partial charge >= 0.3 is 0 Å². The van der Waals surface area contributed by atoms with Crippen molar-refractivity contribution in [2.45, 2.75) is 20.3 Å². The van der Waals surface area contributed by atoms with Gasteiger partial charge in [-0.25, -0.2) is 0 Å². The zero-order valence-corrected chi connectivity index (χ0v) is 8.65. The summed E-state index contributed by atoms with van der Waals surface area (Å²) in [4.78, 5) is 0. The van der Waals surface area contributed by atoms with Gasteiger partial charge in [0, 0.05) is 0 Å². The second-order valence-corrected chi connectivity index (χ2v) is 3.25. The Labute approximate surface area is 89.3 Å². The number of nitrogens with zero attached hydrogens (tertiary/aromatic N) is 4. The van der Waals surface area contributed by atoms with Gasteiger partial charge in [0.15, 0.2) is 10.8 Å². The molecule has 0 aliphatic heterocycles. The molecule has 0 rings (SSSR count). The molecule has 0 saturated heterocycles. The summed E-state index contributed by atoms with van der Waals surface area (Å²) in [6.45, 7) is 3.05. The van der Waals surface area contributed by atoms with Crippen LogP contribution >= 0.6 is 0 Å². The number of rotatable bonds is 3. The van der Waals surface area contributed by atoms with Crippen LogP contribution in [0, 0.1) is 56.2 Å². The van der Waals surface area contributed by atoms with E-state index in [1.165, 1.54) is 6.92 Å². The fraction of sp³-hybridized carbons (Fsp3) is 0.455. The molecule has 0 aromatic rings. The van der Waals surface area contributed by atoms with Crippen molar-refractivity contribution in [1.82, 2.24) is 0 Å². The second-order valence-electron chi connectivity index (χ2n) is 3.25. The molecule has 0 saturated carbocycles. The van der Waals surface area contributed by atoms with E-state index in [-0.39, 0.29) is 6.42 Å². The van der Waals surface area contributed by atoms with Crippen LogP contribution in [-0.4, -0.2) is 0 Å². The van der Waals surface area contributed by atoms with Gasteiger partial charge in [-0.1, -0.05) is 12.2 Å². The van der Waals surface area contributed by atoms with Crippen molar-refractivity contribution in [3.8, 4) is 24.3 Å². The summed E-state index contributed by atoms with van der Waals surface area (Å²) in [6, 6.07) is 7.05. The van der Waals surface area contributed by atoms with E-state index in [9.17, 15) is 0 Å². The van der Waals surface area contributed by atoms with Crippen molar-refractivity contribution in [3.05, 3.63) is 12.2 Å². The van der Waals surface area contributed by atoms with Crippen LogP contribution in [0.2, 0.25) is 0 Å². The Morgan fingerprint density at radius 1 is 1.00 bits per heavy atom. The molecule has 0 aromatic heterocycles. The minimum absolute atomic E-state index is 0.0775. The van der Waals surface area contributed by atoms with Crippen LogP contribution in [0.15, 0.2) is 12.2 Å². The second kappa shape index (κ2) is 4.80. The van der Waals surface area contributed by atoms with Crippen molar-refractivity contribution in [2.75, 3.05) is 0 Å². The largest absolute Gasteiger partial charge is 0.196 e. The highest BCUT2D eigenvalue weighted by Gasteiger charge is 2.50. The summed E-state index contributed by atoms with van der Waals surface area (Å²) in [7, 11) is 0. The molecule has 0 fully saturated rings. The quantitative estimate of drug-likeness (QED) is 0.648. The highest BCUT2D eigenvalue weighted by molar-refractivity contribution is 5.33. The number of hydrogen-bond acceptors (Lipinski definition) is 4. The molecule has 0 bridgehead atoms. The third-order valence-corrected chi connectivity index (χ3v) is 2.34. The zero-order chi connectivity index (χ0) is 11.9. The molecule has 0 atom stereocenters. The molecule has 15 heavy (non-hydrogen) atoms. The molecule has 4 nitrogen and oxygen atoms in total. The van der Waals surface area contributed by atoms with E-state index in [0.717, 1.165) is 0 Å². The molecule has 0 unspecified atom stereocenters. The fourth-order valence-electron chi connectivity index (χ4n) is 1.05. The molecule has 0 radical (unpaired) electrons.